The number of hydrogen-bond acceptors (Lipinski definition) is 12. The van der Waals surface area contributed by atoms with Gasteiger partial charge in [-0.05, 0) is 84.5 Å². The summed E-state index contributed by atoms with van der Waals surface area (Å²) in [5, 5.41) is 15.6. The average molecular weight is 792 g/mol. The summed E-state index contributed by atoms with van der Waals surface area (Å²) in [4.78, 5) is 62.4. The van der Waals surface area contributed by atoms with E-state index in [-0.39, 0.29) is 37.4 Å². The molecule has 0 spiro atoms. The van der Waals surface area contributed by atoms with Crippen LogP contribution in [0.2, 0.25) is 0 Å². The quantitative estimate of drug-likeness (QED) is 0.238. The lowest BCUT2D eigenvalue weighted by Crippen LogP contribution is -2.60. The lowest BCUT2D eigenvalue weighted by atomic mass is 9.73. The second-order valence-electron chi connectivity index (χ2n) is 17.3. The van der Waals surface area contributed by atoms with Crippen molar-refractivity contribution < 1.29 is 48.0 Å². The first kappa shape index (κ1) is 42.8. The van der Waals surface area contributed by atoms with Crippen molar-refractivity contribution in [2.45, 2.75) is 148 Å². The molecule has 0 radical (unpaired) electrons. The number of para-hydroxylation sites is 1. The molecule has 1 amide bonds. The summed E-state index contributed by atoms with van der Waals surface area (Å²) in [6, 6.07) is 9.16. The molecule has 1 aliphatic carbocycles. The number of cyclic esters (lactones) is 1. The molecule has 1 aromatic heterocycles. The van der Waals surface area contributed by atoms with Gasteiger partial charge in [0.1, 0.15) is 23.9 Å². The number of Topliss-reactive ketones (excluding diaryl/α,β-unsaturated/α-hetero) is 2. The number of likely N-dealkylation sites (N-methyl/N-ethyl adjacent to an activating group) is 1. The first-order chi connectivity index (χ1) is 27.0. The van der Waals surface area contributed by atoms with Gasteiger partial charge in [0.15, 0.2) is 17.7 Å². The van der Waals surface area contributed by atoms with Crippen LogP contribution in [0.15, 0.2) is 42.6 Å². The van der Waals surface area contributed by atoms with Gasteiger partial charge in [-0.15, -0.1) is 0 Å². The number of benzene rings is 1. The maximum atomic E-state index is 14.5. The molecule has 4 fully saturated rings. The molecule has 1 aromatic carbocycles. The zero-order chi connectivity index (χ0) is 41.4. The number of carbonyl (C=O) groups excluding carboxylic acids is 4. The van der Waals surface area contributed by atoms with E-state index in [4.69, 9.17) is 23.7 Å². The van der Waals surface area contributed by atoms with Crippen LogP contribution in [0.3, 0.4) is 0 Å². The maximum absolute atomic E-state index is 14.5. The van der Waals surface area contributed by atoms with Crippen LogP contribution in [0, 0.1) is 23.7 Å². The first-order valence-electron chi connectivity index (χ1n) is 20.6. The Morgan fingerprint density at radius 2 is 1.75 bits per heavy atom. The minimum Gasteiger partial charge on any atom is -0.458 e. The van der Waals surface area contributed by atoms with Crippen LogP contribution in [0.5, 0.6) is 0 Å². The Morgan fingerprint density at radius 1 is 1.04 bits per heavy atom. The van der Waals surface area contributed by atoms with E-state index in [1.54, 1.807) is 47.7 Å². The molecule has 4 aliphatic rings. The van der Waals surface area contributed by atoms with Gasteiger partial charge in [0.2, 0.25) is 0 Å². The predicted octanol–water partition coefficient (Wildman–Crippen LogP) is 5.64. The lowest BCUT2D eigenvalue weighted by Gasteiger charge is -2.47. The van der Waals surface area contributed by atoms with E-state index in [0.717, 1.165) is 29.3 Å². The van der Waals surface area contributed by atoms with Gasteiger partial charge in [-0.2, -0.15) is 0 Å². The second-order valence-corrected chi connectivity index (χ2v) is 17.3. The monoisotopic (exact) mass is 791 g/mol. The summed E-state index contributed by atoms with van der Waals surface area (Å²) in [5.41, 5.74) is -0.986. The van der Waals surface area contributed by atoms with E-state index in [1.807, 2.05) is 56.5 Å². The summed E-state index contributed by atoms with van der Waals surface area (Å²) in [6.07, 6.45) is 3.39. The third-order valence-corrected chi connectivity index (χ3v) is 12.9. The predicted molar refractivity (Wildman–Crippen MR) is 213 cm³/mol. The van der Waals surface area contributed by atoms with Crippen LogP contribution in [0.4, 0.5) is 4.79 Å². The van der Waals surface area contributed by atoms with E-state index >= 15 is 0 Å². The topological polar surface area (TPSA) is 163 Å². The number of amides is 1. The number of pyridine rings is 1. The number of nitrogens with one attached hydrogen (secondary N) is 1. The standard InChI is InChI=1S/C44H61N3O10/c1-10-34-44(8)38(46-42(52)57-44)26(4)35(48)24(2)22-43(7,53-19-13-14-29-21-30-15-11-12-16-32(30)45-23-29)39(27(5)36(49)28(6)40(51)55-34)56-41-37(50)33(20-25(3)54-41)47(9)31-17-18-31/h11-16,21,23-28,31,33-34,37-39,41,50H,10,17-20,22H2,1-9H3,(H,46,52)/b14-13+/t24-,25-,26+,27+,28-,33+,34-,37-,38-,39-,41?,43+,44-/m1/s1. The highest BCUT2D eigenvalue weighted by molar-refractivity contribution is 6.00. The van der Waals surface area contributed by atoms with Gasteiger partial charge < -0.3 is 34.1 Å². The van der Waals surface area contributed by atoms with E-state index in [1.165, 1.54) is 6.92 Å². The van der Waals surface area contributed by atoms with Gasteiger partial charge in [0.25, 0.3) is 0 Å². The number of alkyl carbamates (subject to hydrolysis) is 1. The molecule has 13 heteroatoms. The number of hydrogen-bond donors (Lipinski definition) is 2. The number of esters is 1. The smallest absolute Gasteiger partial charge is 0.408 e. The van der Waals surface area contributed by atoms with Crippen LogP contribution in [0.1, 0.15) is 93.1 Å². The molecule has 13 nitrogen and oxygen atoms in total. The number of nitrogens with zero attached hydrogens (tertiary/aromatic N) is 2. The number of rotatable bonds is 9. The van der Waals surface area contributed by atoms with Crippen molar-refractivity contribution in [2.75, 3.05) is 13.7 Å². The molecule has 6 rings (SSSR count). The van der Waals surface area contributed by atoms with Crippen LogP contribution < -0.4 is 5.32 Å². The fourth-order valence-corrected chi connectivity index (χ4v) is 9.37. The van der Waals surface area contributed by atoms with Gasteiger partial charge in [-0.3, -0.25) is 24.3 Å². The number of ketones is 2. The molecule has 3 aliphatic heterocycles. The zero-order valence-electron chi connectivity index (χ0n) is 34.8. The van der Waals surface area contributed by atoms with Crippen molar-refractivity contribution in [2.24, 2.45) is 23.7 Å². The van der Waals surface area contributed by atoms with E-state index in [9.17, 15) is 24.3 Å². The average Bonchev–Trinajstić information content (AvgIpc) is 3.99. The van der Waals surface area contributed by atoms with Crippen molar-refractivity contribution in [1.29, 1.82) is 0 Å². The van der Waals surface area contributed by atoms with E-state index in [2.05, 4.69) is 15.2 Å². The minimum atomic E-state index is -1.38. The Kier molecular flexibility index (Phi) is 13.0. The highest BCUT2D eigenvalue weighted by Gasteiger charge is 2.57. The van der Waals surface area contributed by atoms with Crippen LogP contribution >= 0.6 is 0 Å². The van der Waals surface area contributed by atoms with Gasteiger partial charge in [0.05, 0.1) is 36.0 Å². The Morgan fingerprint density at radius 3 is 2.46 bits per heavy atom. The highest BCUT2D eigenvalue weighted by Crippen LogP contribution is 2.41. The summed E-state index contributed by atoms with van der Waals surface area (Å²) >= 11 is 0. The first-order valence-corrected chi connectivity index (χ1v) is 20.6. The molecule has 4 heterocycles. The number of fused-ring (bicyclic) bond motifs is 2. The maximum Gasteiger partial charge on any atom is 0.408 e. The van der Waals surface area contributed by atoms with Crippen molar-refractivity contribution in [1.82, 2.24) is 15.2 Å². The second kappa shape index (κ2) is 17.2. The fraction of sp³-hybridized carbons (Fsp3) is 0.659. The molecule has 1 saturated carbocycles. The van der Waals surface area contributed by atoms with Crippen LogP contribution in [-0.2, 0) is 38.1 Å². The molecule has 13 atom stereocenters. The van der Waals surface area contributed by atoms with Gasteiger partial charge >= 0.3 is 12.1 Å². The molecule has 0 bridgehead atoms. The van der Waals surface area contributed by atoms with Gasteiger partial charge in [-0.1, -0.05) is 58.0 Å². The Bertz CT molecular complexity index is 1830. The number of carbonyl (C=O) groups is 4. The number of aliphatic hydroxyl groups excluding tert-OH is 1. The normalized spacial score (nSPS) is 38.5. The van der Waals surface area contributed by atoms with E-state index < -0.39 is 83.4 Å². The van der Waals surface area contributed by atoms with Gasteiger partial charge in [-0.25, -0.2) is 4.79 Å². The van der Waals surface area contributed by atoms with Crippen molar-refractivity contribution >= 4 is 40.6 Å². The van der Waals surface area contributed by atoms with Crippen LogP contribution in [-0.4, -0.2) is 112 Å². The summed E-state index contributed by atoms with van der Waals surface area (Å²) in [7, 11) is 2.01. The molecule has 57 heavy (non-hydrogen) atoms. The third-order valence-electron chi connectivity index (χ3n) is 12.9. The highest BCUT2D eigenvalue weighted by atomic mass is 16.7. The Labute approximate surface area is 336 Å². The largest absolute Gasteiger partial charge is 0.458 e. The number of ether oxygens (including phenoxy) is 5. The van der Waals surface area contributed by atoms with Crippen molar-refractivity contribution in [3.8, 4) is 0 Å². The van der Waals surface area contributed by atoms with E-state index in [0.29, 0.717) is 12.5 Å². The van der Waals surface area contributed by atoms with Crippen molar-refractivity contribution in [3.63, 3.8) is 0 Å². The number of aromatic nitrogens is 1. The fourth-order valence-electron chi connectivity index (χ4n) is 9.37. The van der Waals surface area contributed by atoms with Crippen LogP contribution in [0.25, 0.3) is 17.0 Å². The third kappa shape index (κ3) is 8.97. The molecule has 312 valence electrons. The summed E-state index contributed by atoms with van der Waals surface area (Å²) in [6.45, 7) is 14.0. The Balaban J connectivity index is 1.38. The number of aliphatic hydroxyl groups is 1. The Hall–Kier alpha value is -3.75. The summed E-state index contributed by atoms with van der Waals surface area (Å²) in [5.74, 6) is -5.07. The molecular weight excluding hydrogens is 730 g/mol. The minimum absolute atomic E-state index is 0.0679. The zero-order valence-corrected chi connectivity index (χ0v) is 34.8. The molecule has 2 aromatic rings. The molecule has 2 N–H and O–H groups in total. The summed E-state index contributed by atoms with van der Waals surface area (Å²) < 4.78 is 31.7. The van der Waals surface area contributed by atoms with Crippen molar-refractivity contribution in [3.05, 3.63) is 48.2 Å². The molecule has 3 saturated heterocycles. The molecule has 1 unspecified atom stereocenters. The lowest BCUT2D eigenvalue weighted by molar-refractivity contribution is -0.297. The SMILES string of the molecule is CC[C@H]1OC(=O)[C@H](C)C(=O)[C@H](C)[C@@H](OC2O[C@H](C)C[C@H](N(C)C3CC3)[C@H]2O)[C@@](C)(OC/C=C/c2cnc3ccccc3c2)C[C@@H](C)C(=O)[C@H](C)[C@H]2NC(=O)O[C@@]21C. The van der Waals surface area contributed by atoms with Gasteiger partial charge in [0, 0.05) is 41.4 Å². The molecular formula is C44H61N3O10.